The lowest BCUT2D eigenvalue weighted by atomic mass is 10.2. The van der Waals surface area contributed by atoms with Crippen molar-refractivity contribution in [3.8, 4) is 0 Å². The molecule has 0 saturated heterocycles. The molecule has 17 heavy (non-hydrogen) atoms. The Kier molecular flexibility index (Phi) is 3.93. The van der Waals surface area contributed by atoms with Crippen molar-refractivity contribution in [3.05, 3.63) is 50.0 Å². The van der Waals surface area contributed by atoms with Crippen molar-refractivity contribution in [2.24, 2.45) is 0 Å². The highest BCUT2D eigenvalue weighted by atomic mass is 127. The van der Waals surface area contributed by atoms with Crippen LogP contribution in [0.5, 0.6) is 0 Å². The predicted octanol–water partition coefficient (Wildman–Crippen LogP) is 4.69. The Morgan fingerprint density at radius 1 is 1.18 bits per heavy atom. The van der Waals surface area contributed by atoms with Gasteiger partial charge in [-0.2, -0.15) is 0 Å². The second-order valence-corrected chi connectivity index (χ2v) is 5.84. The van der Waals surface area contributed by atoms with Gasteiger partial charge in [0, 0.05) is 19.4 Å². The summed E-state index contributed by atoms with van der Waals surface area (Å²) in [5.74, 6) is 0. The van der Waals surface area contributed by atoms with E-state index in [0.29, 0.717) is 0 Å². The van der Waals surface area contributed by atoms with Gasteiger partial charge in [-0.15, -0.1) is 0 Å². The topological polar surface area (TPSA) is 38.0 Å². The molecule has 2 rings (SSSR count). The standard InChI is InChI=1S/C13H12BrIN2/c1-8-6-10(3-4-11(8)14)17-13-5-2-9(16)7-12(13)15/h2-7,17H,16H2,1H3. The molecule has 0 aliphatic carbocycles. The Morgan fingerprint density at radius 3 is 2.59 bits per heavy atom. The van der Waals surface area contributed by atoms with Gasteiger partial charge in [0.1, 0.15) is 0 Å². The molecule has 0 spiro atoms. The first-order valence-corrected chi connectivity index (χ1v) is 7.01. The number of halogens is 2. The van der Waals surface area contributed by atoms with E-state index < -0.39 is 0 Å². The average molecular weight is 403 g/mol. The zero-order chi connectivity index (χ0) is 12.4. The van der Waals surface area contributed by atoms with Gasteiger partial charge in [-0.25, -0.2) is 0 Å². The number of nitrogen functional groups attached to an aromatic ring is 1. The molecule has 0 bridgehead atoms. The minimum Gasteiger partial charge on any atom is -0.399 e. The molecule has 0 aliphatic heterocycles. The van der Waals surface area contributed by atoms with E-state index in [1.807, 2.05) is 30.3 Å². The SMILES string of the molecule is Cc1cc(Nc2ccc(N)cc2I)ccc1Br. The van der Waals surface area contributed by atoms with Gasteiger partial charge in [-0.1, -0.05) is 15.9 Å². The highest BCUT2D eigenvalue weighted by Gasteiger charge is 2.02. The van der Waals surface area contributed by atoms with Crippen LogP contribution in [0.15, 0.2) is 40.9 Å². The Bertz CT molecular complexity index is 555. The van der Waals surface area contributed by atoms with Crippen LogP contribution in [0.25, 0.3) is 0 Å². The van der Waals surface area contributed by atoms with Crippen LogP contribution in [-0.4, -0.2) is 0 Å². The molecule has 3 N–H and O–H groups in total. The number of anilines is 3. The van der Waals surface area contributed by atoms with E-state index in [0.717, 1.165) is 25.1 Å². The molecule has 2 aromatic carbocycles. The summed E-state index contributed by atoms with van der Waals surface area (Å²) in [5, 5.41) is 3.38. The Morgan fingerprint density at radius 2 is 1.94 bits per heavy atom. The van der Waals surface area contributed by atoms with Gasteiger partial charge in [-0.3, -0.25) is 0 Å². The third-order valence-electron chi connectivity index (χ3n) is 2.43. The molecule has 2 nitrogen and oxygen atoms in total. The summed E-state index contributed by atoms with van der Waals surface area (Å²) in [4.78, 5) is 0. The first kappa shape index (κ1) is 12.7. The summed E-state index contributed by atoms with van der Waals surface area (Å²) in [6, 6.07) is 12.0. The predicted molar refractivity (Wildman–Crippen MR) is 85.7 cm³/mol. The molecular formula is C13H12BrIN2. The summed E-state index contributed by atoms with van der Waals surface area (Å²) >= 11 is 5.77. The second-order valence-electron chi connectivity index (χ2n) is 3.83. The van der Waals surface area contributed by atoms with Gasteiger partial charge in [0.15, 0.2) is 0 Å². The van der Waals surface area contributed by atoms with E-state index in [4.69, 9.17) is 5.73 Å². The van der Waals surface area contributed by atoms with Crippen LogP contribution in [0.2, 0.25) is 0 Å². The van der Waals surface area contributed by atoms with E-state index in [9.17, 15) is 0 Å². The smallest absolute Gasteiger partial charge is 0.0521 e. The monoisotopic (exact) mass is 402 g/mol. The van der Waals surface area contributed by atoms with Crippen LogP contribution in [0.3, 0.4) is 0 Å². The van der Waals surface area contributed by atoms with Crippen LogP contribution in [0.4, 0.5) is 17.1 Å². The van der Waals surface area contributed by atoms with Crippen molar-refractivity contribution < 1.29 is 0 Å². The first-order chi connectivity index (χ1) is 8.06. The molecule has 0 aromatic heterocycles. The van der Waals surface area contributed by atoms with Gasteiger partial charge in [0.25, 0.3) is 0 Å². The molecule has 0 saturated carbocycles. The fraction of sp³-hybridized carbons (Fsp3) is 0.0769. The minimum atomic E-state index is 0.784. The van der Waals surface area contributed by atoms with Crippen LogP contribution < -0.4 is 11.1 Å². The van der Waals surface area contributed by atoms with E-state index >= 15 is 0 Å². The third kappa shape index (κ3) is 3.13. The number of aryl methyl sites for hydroxylation is 1. The van der Waals surface area contributed by atoms with Gasteiger partial charge >= 0.3 is 0 Å². The van der Waals surface area contributed by atoms with Crippen molar-refractivity contribution in [1.82, 2.24) is 0 Å². The molecule has 2 aromatic rings. The molecule has 4 heteroatoms. The maximum Gasteiger partial charge on any atom is 0.0521 e. The summed E-state index contributed by atoms with van der Waals surface area (Å²) < 4.78 is 2.23. The third-order valence-corrected chi connectivity index (χ3v) is 4.21. The second kappa shape index (κ2) is 5.27. The van der Waals surface area contributed by atoms with Gasteiger partial charge < -0.3 is 11.1 Å². The number of benzene rings is 2. The van der Waals surface area contributed by atoms with E-state index in [-0.39, 0.29) is 0 Å². The minimum absolute atomic E-state index is 0.784. The molecule has 0 atom stereocenters. The average Bonchev–Trinajstić information content (AvgIpc) is 2.27. The van der Waals surface area contributed by atoms with Gasteiger partial charge in [0.05, 0.1) is 5.69 Å². The summed E-state index contributed by atoms with van der Waals surface area (Å²) in [5.41, 5.74) is 9.87. The number of hydrogen-bond donors (Lipinski definition) is 2. The van der Waals surface area contributed by atoms with Crippen molar-refractivity contribution in [2.45, 2.75) is 6.92 Å². The largest absolute Gasteiger partial charge is 0.399 e. The van der Waals surface area contributed by atoms with Crippen LogP contribution in [0, 0.1) is 10.5 Å². The molecule has 0 heterocycles. The highest BCUT2D eigenvalue weighted by Crippen LogP contribution is 2.26. The Balaban J connectivity index is 2.28. The van der Waals surface area contributed by atoms with Crippen molar-refractivity contribution in [3.63, 3.8) is 0 Å². The quantitative estimate of drug-likeness (QED) is 0.565. The van der Waals surface area contributed by atoms with Crippen molar-refractivity contribution in [2.75, 3.05) is 11.1 Å². The van der Waals surface area contributed by atoms with Crippen LogP contribution >= 0.6 is 38.5 Å². The molecular weight excluding hydrogens is 391 g/mol. The van der Waals surface area contributed by atoms with E-state index in [1.165, 1.54) is 5.56 Å². The number of rotatable bonds is 2. The van der Waals surface area contributed by atoms with E-state index in [2.05, 4.69) is 56.8 Å². The summed E-state index contributed by atoms with van der Waals surface area (Å²) in [6.45, 7) is 2.07. The molecule has 0 radical (unpaired) electrons. The number of hydrogen-bond acceptors (Lipinski definition) is 2. The maximum absolute atomic E-state index is 5.73. The fourth-order valence-electron chi connectivity index (χ4n) is 1.51. The lowest BCUT2D eigenvalue weighted by molar-refractivity contribution is 1.41. The highest BCUT2D eigenvalue weighted by molar-refractivity contribution is 14.1. The summed E-state index contributed by atoms with van der Waals surface area (Å²) in [7, 11) is 0. The molecule has 0 amide bonds. The lowest BCUT2D eigenvalue weighted by Crippen LogP contribution is -1.95. The molecule has 0 aliphatic rings. The summed E-state index contributed by atoms with van der Waals surface area (Å²) in [6.07, 6.45) is 0. The maximum atomic E-state index is 5.73. The molecule has 0 fully saturated rings. The lowest BCUT2D eigenvalue weighted by Gasteiger charge is -2.10. The van der Waals surface area contributed by atoms with Crippen LogP contribution in [0.1, 0.15) is 5.56 Å². The zero-order valence-electron chi connectivity index (χ0n) is 9.30. The van der Waals surface area contributed by atoms with E-state index in [1.54, 1.807) is 0 Å². The Hall–Kier alpha value is -0.750. The zero-order valence-corrected chi connectivity index (χ0v) is 13.0. The number of nitrogens with two attached hydrogens (primary N) is 1. The van der Waals surface area contributed by atoms with Gasteiger partial charge in [-0.05, 0) is 71.5 Å². The Labute approximate surface area is 123 Å². The number of nitrogens with one attached hydrogen (secondary N) is 1. The molecule has 88 valence electrons. The van der Waals surface area contributed by atoms with Crippen molar-refractivity contribution in [1.29, 1.82) is 0 Å². The first-order valence-electron chi connectivity index (χ1n) is 5.14. The molecule has 0 unspecified atom stereocenters. The van der Waals surface area contributed by atoms with Crippen LogP contribution in [-0.2, 0) is 0 Å². The van der Waals surface area contributed by atoms with Crippen molar-refractivity contribution >= 4 is 55.6 Å². The van der Waals surface area contributed by atoms with Gasteiger partial charge in [0.2, 0.25) is 0 Å². The normalized spacial score (nSPS) is 10.3. The fourth-order valence-corrected chi connectivity index (χ4v) is 2.43.